The number of hydrogen-bond acceptors (Lipinski definition) is 2. The largest absolute Gasteiger partial charge is 0.366 e. The van der Waals surface area contributed by atoms with Crippen molar-refractivity contribution in [3.63, 3.8) is 0 Å². The molecule has 0 spiro atoms. The second kappa shape index (κ2) is 14.7. The SMILES string of the molecule is CCCCCCCCCCCC.NC(=O)c1cccc(C(N)=O)c1. The summed E-state index contributed by atoms with van der Waals surface area (Å²) < 4.78 is 0. The van der Waals surface area contributed by atoms with Crippen LogP contribution in [0.15, 0.2) is 24.3 Å². The van der Waals surface area contributed by atoms with Gasteiger partial charge in [-0.15, -0.1) is 0 Å². The fraction of sp³-hybridized carbons (Fsp3) is 0.600. The molecule has 0 radical (unpaired) electrons. The summed E-state index contributed by atoms with van der Waals surface area (Å²) in [7, 11) is 0. The normalized spacial score (nSPS) is 9.92. The Kier molecular flexibility index (Phi) is 13.6. The van der Waals surface area contributed by atoms with Crippen LogP contribution in [0.3, 0.4) is 0 Å². The minimum Gasteiger partial charge on any atom is -0.366 e. The molecule has 0 aliphatic rings. The lowest BCUT2D eigenvalue weighted by molar-refractivity contribution is 0.0999. The molecule has 4 nitrogen and oxygen atoms in total. The van der Waals surface area contributed by atoms with E-state index in [0.717, 1.165) is 0 Å². The molecular formula is C20H34N2O2. The molecule has 0 atom stereocenters. The number of rotatable bonds is 11. The van der Waals surface area contributed by atoms with E-state index in [1.807, 2.05) is 0 Å². The molecule has 0 aliphatic carbocycles. The molecule has 4 N–H and O–H groups in total. The molecule has 1 aromatic carbocycles. The monoisotopic (exact) mass is 334 g/mol. The van der Waals surface area contributed by atoms with E-state index in [-0.39, 0.29) is 11.1 Å². The number of carbonyl (C=O) groups is 2. The van der Waals surface area contributed by atoms with Crippen molar-refractivity contribution >= 4 is 11.8 Å². The Labute approximate surface area is 147 Å². The predicted molar refractivity (Wildman–Crippen MR) is 101 cm³/mol. The average Bonchev–Trinajstić information content (AvgIpc) is 2.58. The summed E-state index contributed by atoms with van der Waals surface area (Å²) in [5.41, 5.74) is 10.6. The highest BCUT2D eigenvalue weighted by Gasteiger charge is 2.03. The van der Waals surface area contributed by atoms with E-state index < -0.39 is 11.8 Å². The summed E-state index contributed by atoms with van der Waals surface area (Å²) in [6, 6.07) is 5.97. The van der Waals surface area contributed by atoms with Gasteiger partial charge >= 0.3 is 0 Å². The second-order valence-corrected chi connectivity index (χ2v) is 6.14. The van der Waals surface area contributed by atoms with Gasteiger partial charge in [0, 0.05) is 11.1 Å². The first-order chi connectivity index (χ1) is 11.5. The van der Waals surface area contributed by atoms with Crippen LogP contribution in [0, 0.1) is 0 Å². The molecule has 0 aromatic heterocycles. The van der Waals surface area contributed by atoms with E-state index in [9.17, 15) is 9.59 Å². The number of amides is 2. The summed E-state index contributed by atoms with van der Waals surface area (Å²) in [5, 5.41) is 0. The summed E-state index contributed by atoms with van der Waals surface area (Å²) in [4.78, 5) is 21.3. The van der Waals surface area contributed by atoms with E-state index in [1.54, 1.807) is 6.07 Å². The minimum atomic E-state index is -0.571. The van der Waals surface area contributed by atoms with Gasteiger partial charge in [0.1, 0.15) is 0 Å². The van der Waals surface area contributed by atoms with Crippen LogP contribution < -0.4 is 11.5 Å². The van der Waals surface area contributed by atoms with Crippen molar-refractivity contribution in [2.45, 2.75) is 78.1 Å². The standard InChI is InChI=1S/C12H26.C8H8N2O2/c1-3-5-7-9-11-12-10-8-6-4-2;9-7(11)5-2-1-3-6(4-5)8(10)12/h3-12H2,1-2H3;1-4H,(H2,9,11)(H2,10,12). The van der Waals surface area contributed by atoms with Crippen LogP contribution in [-0.4, -0.2) is 11.8 Å². The first-order valence-corrected chi connectivity index (χ1v) is 9.22. The molecule has 1 rings (SSSR count). The van der Waals surface area contributed by atoms with Gasteiger partial charge in [-0.1, -0.05) is 84.1 Å². The minimum absolute atomic E-state index is 0.284. The number of benzene rings is 1. The Bertz CT molecular complexity index is 433. The molecule has 24 heavy (non-hydrogen) atoms. The lowest BCUT2D eigenvalue weighted by Gasteiger charge is -1.99. The quantitative estimate of drug-likeness (QED) is 0.569. The van der Waals surface area contributed by atoms with E-state index in [2.05, 4.69) is 13.8 Å². The number of carbonyl (C=O) groups excluding carboxylic acids is 2. The van der Waals surface area contributed by atoms with Crippen LogP contribution in [0.25, 0.3) is 0 Å². The van der Waals surface area contributed by atoms with Crippen LogP contribution in [-0.2, 0) is 0 Å². The number of nitrogens with two attached hydrogens (primary N) is 2. The fourth-order valence-corrected chi connectivity index (χ4v) is 2.39. The number of hydrogen-bond donors (Lipinski definition) is 2. The van der Waals surface area contributed by atoms with Crippen molar-refractivity contribution in [2.24, 2.45) is 11.5 Å². The topological polar surface area (TPSA) is 86.2 Å². The molecule has 0 saturated heterocycles. The molecular weight excluding hydrogens is 300 g/mol. The van der Waals surface area contributed by atoms with Gasteiger partial charge in [0.05, 0.1) is 0 Å². The molecule has 0 fully saturated rings. The Morgan fingerprint density at radius 3 is 1.33 bits per heavy atom. The maximum atomic E-state index is 10.6. The maximum Gasteiger partial charge on any atom is 0.248 e. The third-order valence-electron chi connectivity index (χ3n) is 3.89. The van der Waals surface area contributed by atoms with Gasteiger partial charge in [0.15, 0.2) is 0 Å². The molecule has 0 bridgehead atoms. The lowest BCUT2D eigenvalue weighted by atomic mass is 10.1. The Morgan fingerprint density at radius 1 is 0.708 bits per heavy atom. The Hall–Kier alpha value is -1.84. The van der Waals surface area contributed by atoms with Crippen molar-refractivity contribution < 1.29 is 9.59 Å². The van der Waals surface area contributed by atoms with Gasteiger partial charge in [0.2, 0.25) is 11.8 Å². The maximum absolute atomic E-state index is 10.6. The van der Waals surface area contributed by atoms with Crippen molar-refractivity contribution in [1.82, 2.24) is 0 Å². The van der Waals surface area contributed by atoms with Gasteiger partial charge in [0.25, 0.3) is 0 Å². The Morgan fingerprint density at radius 2 is 1.04 bits per heavy atom. The molecule has 2 amide bonds. The van der Waals surface area contributed by atoms with Crippen LogP contribution >= 0.6 is 0 Å². The highest BCUT2D eigenvalue weighted by molar-refractivity contribution is 5.98. The van der Waals surface area contributed by atoms with Gasteiger partial charge in [-0.05, 0) is 18.2 Å². The average molecular weight is 335 g/mol. The zero-order chi connectivity index (χ0) is 18.2. The lowest BCUT2D eigenvalue weighted by Crippen LogP contribution is -2.14. The van der Waals surface area contributed by atoms with Crippen LogP contribution in [0.1, 0.15) is 98.8 Å². The van der Waals surface area contributed by atoms with E-state index in [1.165, 1.54) is 82.4 Å². The van der Waals surface area contributed by atoms with Crippen LogP contribution in [0.2, 0.25) is 0 Å². The van der Waals surface area contributed by atoms with Crippen LogP contribution in [0.4, 0.5) is 0 Å². The number of primary amides is 2. The zero-order valence-electron chi connectivity index (χ0n) is 15.4. The van der Waals surface area contributed by atoms with Crippen molar-refractivity contribution in [3.05, 3.63) is 35.4 Å². The van der Waals surface area contributed by atoms with Gasteiger partial charge < -0.3 is 11.5 Å². The van der Waals surface area contributed by atoms with Gasteiger partial charge in [-0.25, -0.2) is 0 Å². The molecule has 0 saturated carbocycles. The Balaban J connectivity index is 0.000000441. The van der Waals surface area contributed by atoms with Gasteiger partial charge in [-0.3, -0.25) is 9.59 Å². The summed E-state index contributed by atoms with van der Waals surface area (Å²) in [6.45, 7) is 4.56. The van der Waals surface area contributed by atoms with Gasteiger partial charge in [-0.2, -0.15) is 0 Å². The fourth-order valence-electron chi connectivity index (χ4n) is 2.39. The molecule has 0 unspecified atom stereocenters. The molecule has 0 aliphatic heterocycles. The molecule has 136 valence electrons. The third kappa shape index (κ3) is 11.7. The smallest absolute Gasteiger partial charge is 0.248 e. The number of unbranched alkanes of at least 4 members (excludes halogenated alkanes) is 9. The van der Waals surface area contributed by atoms with Crippen molar-refractivity contribution in [1.29, 1.82) is 0 Å². The predicted octanol–water partition coefficient (Wildman–Crippen LogP) is 4.81. The second-order valence-electron chi connectivity index (χ2n) is 6.14. The third-order valence-corrected chi connectivity index (χ3v) is 3.89. The van der Waals surface area contributed by atoms with E-state index >= 15 is 0 Å². The molecule has 1 aromatic rings. The first kappa shape index (κ1) is 22.2. The molecule has 0 heterocycles. The summed E-state index contributed by atoms with van der Waals surface area (Å²) >= 11 is 0. The highest BCUT2D eigenvalue weighted by atomic mass is 16.1. The van der Waals surface area contributed by atoms with Crippen molar-refractivity contribution in [3.8, 4) is 0 Å². The highest BCUT2D eigenvalue weighted by Crippen LogP contribution is 2.09. The van der Waals surface area contributed by atoms with Crippen LogP contribution in [0.5, 0.6) is 0 Å². The van der Waals surface area contributed by atoms with E-state index in [4.69, 9.17) is 11.5 Å². The van der Waals surface area contributed by atoms with Crippen molar-refractivity contribution in [2.75, 3.05) is 0 Å². The first-order valence-electron chi connectivity index (χ1n) is 9.22. The molecule has 4 heteroatoms. The zero-order valence-corrected chi connectivity index (χ0v) is 15.4. The summed E-state index contributed by atoms with van der Waals surface area (Å²) in [5.74, 6) is -1.14. The van der Waals surface area contributed by atoms with E-state index in [0.29, 0.717) is 0 Å². The summed E-state index contributed by atoms with van der Waals surface area (Å²) in [6.07, 6.45) is 14.4.